The molecule has 0 N–H and O–H groups in total. The Labute approximate surface area is 59.3 Å². The quantitative estimate of drug-likeness (QED) is 0.457. The number of ether oxygens (including phenoxy) is 2. The molecule has 0 radical (unpaired) electrons. The van der Waals surface area contributed by atoms with Crippen LogP contribution in [0, 0.1) is 5.92 Å². The van der Waals surface area contributed by atoms with Crippen LogP contribution < -0.4 is 0 Å². The van der Waals surface area contributed by atoms with Crippen molar-refractivity contribution >= 4 is 5.97 Å². The number of hydrogen-bond acceptors (Lipinski definition) is 3. The van der Waals surface area contributed by atoms with Crippen molar-refractivity contribution in [1.82, 2.24) is 0 Å². The van der Waals surface area contributed by atoms with Gasteiger partial charge in [0.1, 0.15) is 12.0 Å². The average molecular weight is 142 g/mol. The highest BCUT2D eigenvalue weighted by Crippen LogP contribution is 2.28. The number of carbonyl (C=O) groups is 1. The zero-order chi connectivity index (χ0) is 6.97. The molecule has 10 heavy (non-hydrogen) atoms. The molecule has 0 amide bonds. The summed E-state index contributed by atoms with van der Waals surface area (Å²) < 4.78 is 10.1. The van der Waals surface area contributed by atoms with Gasteiger partial charge in [-0.2, -0.15) is 0 Å². The summed E-state index contributed by atoms with van der Waals surface area (Å²) in [6, 6.07) is 0. The van der Waals surface area contributed by atoms with Crippen LogP contribution in [0.3, 0.4) is 0 Å². The van der Waals surface area contributed by atoms with Crippen molar-refractivity contribution in [3.05, 3.63) is 0 Å². The second kappa shape index (κ2) is 2.23. The Morgan fingerprint density at radius 2 is 2.40 bits per heavy atom. The predicted octanol–water partition coefficient (Wildman–Crippen LogP) is 0.338. The topological polar surface area (TPSA) is 35.5 Å². The van der Waals surface area contributed by atoms with E-state index in [9.17, 15) is 4.79 Å². The maximum atomic E-state index is 10.7. The fourth-order valence-electron chi connectivity index (χ4n) is 1.43. The van der Waals surface area contributed by atoms with Crippen molar-refractivity contribution in [3.63, 3.8) is 0 Å². The Balaban J connectivity index is 1.99. The number of carbonyl (C=O) groups excluding carboxylic acids is 1. The zero-order valence-corrected chi connectivity index (χ0v) is 5.71. The molecule has 2 aliphatic rings. The molecule has 3 heteroatoms. The van der Waals surface area contributed by atoms with Gasteiger partial charge in [0, 0.05) is 6.61 Å². The third-order valence-corrected chi connectivity index (χ3v) is 2.09. The van der Waals surface area contributed by atoms with Gasteiger partial charge in [-0.1, -0.05) is 0 Å². The fraction of sp³-hybridized carbons (Fsp3) is 0.857. The molecule has 0 aromatic heterocycles. The van der Waals surface area contributed by atoms with Crippen LogP contribution in [-0.4, -0.2) is 25.3 Å². The molecule has 2 saturated heterocycles. The van der Waals surface area contributed by atoms with E-state index in [1.807, 2.05) is 0 Å². The van der Waals surface area contributed by atoms with Crippen LogP contribution in [0.4, 0.5) is 0 Å². The molecule has 2 rings (SSSR count). The van der Waals surface area contributed by atoms with Crippen LogP contribution in [-0.2, 0) is 14.3 Å². The molecule has 0 aromatic carbocycles. The minimum atomic E-state index is -0.0769. The maximum absolute atomic E-state index is 10.7. The van der Waals surface area contributed by atoms with Gasteiger partial charge in [-0.15, -0.1) is 0 Å². The summed E-state index contributed by atoms with van der Waals surface area (Å²) in [7, 11) is 0. The minimum absolute atomic E-state index is 0.0579. The number of esters is 1. The lowest BCUT2D eigenvalue weighted by Crippen LogP contribution is -2.46. The van der Waals surface area contributed by atoms with Crippen molar-refractivity contribution in [3.8, 4) is 0 Å². The summed E-state index contributed by atoms with van der Waals surface area (Å²) in [5, 5.41) is 0. The van der Waals surface area contributed by atoms with Gasteiger partial charge in [-0.3, -0.25) is 4.79 Å². The van der Waals surface area contributed by atoms with Crippen LogP contribution in [0.25, 0.3) is 0 Å². The first kappa shape index (κ1) is 6.16. The van der Waals surface area contributed by atoms with E-state index in [1.54, 1.807) is 0 Å². The Morgan fingerprint density at radius 1 is 1.50 bits per heavy atom. The molecule has 0 unspecified atom stereocenters. The van der Waals surface area contributed by atoms with Crippen molar-refractivity contribution in [2.75, 3.05) is 13.2 Å². The van der Waals surface area contributed by atoms with E-state index in [-0.39, 0.29) is 18.0 Å². The molecule has 0 spiro atoms. The molecule has 0 saturated carbocycles. The standard InChI is InChI=1S/C7H10O3/c8-7-5-4-9-3-1-2-6(5)10-7/h5-6H,1-4H2/t5-,6-/m1/s1. The lowest BCUT2D eigenvalue weighted by atomic mass is 9.95. The molecule has 2 aliphatic heterocycles. The fourth-order valence-corrected chi connectivity index (χ4v) is 1.43. The molecular weight excluding hydrogens is 132 g/mol. The summed E-state index contributed by atoms with van der Waals surface area (Å²) >= 11 is 0. The van der Waals surface area contributed by atoms with Crippen LogP contribution >= 0.6 is 0 Å². The van der Waals surface area contributed by atoms with E-state index >= 15 is 0 Å². The van der Waals surface area contributed by atoms with Gasteiger partial charge in [0.2, 0.25) is 0 Å². The summed E-state index contributed by atoms with van der Waals surface area (Å²) in [4.78, 5) is 10.7. The van der Waals surface area contributed by atoms with Crippen LogP contribution in [0.15, 0.2) is 0 Å². The highest BCUT2D eigenvalue weighted by atomic mass is 16.6. The number of fused-ring (bicyclic) bond motifs is 1. The first-order valence-corrected chi connectivity index (χ1v) is 3.66. The van der Waals surface area contributed by atoms with Gasteiger partial charge in [0.05, 0.1) is 6.61 Å². The molecule has 2 fully saturated rings. The van der Waals surface area contributed by atoms with E-state index < -0.39 is 0 Å². The largest absolute Gasteiger partial charge is 0.461 e. The Bertz CT molecular complexity index is 155. The Morgan fingerprint density at radius 3 is 3.20 bits per heavy atom. The van der Waals surface area contributed by atoms with Crippen molar-refractivity contribution in [1.29, 1.82) is 0 Å². The smallest absolute Gasteiger partial charge is 0.315 e. The number of rotatable bonds is 0. The van der Waals surface area contributed by atoms with Crippen LogP contribution in [0.5, 0.6) is 0 Å². The summed E-state index contributed by atoms with van der Waals surface area (Å²) in [5.74, 6) is -0.0191. The van der Waals surface area contributed by atoms with E-state index in [4.69, 9.17) is 9.47 Å². The van der Waals surface area contributed by atoms with Crippen molar-refractivity contribution in [2.45, 2.75) is 18.9 Å². The second-order valence-electron chi connectivity index (χ2n) is 2.80. The third kappa shape index (κ3) is 0.814. The summed E-state index contributed by atoms with van der Waals surface area (Å²) in [6.45, 7) is 1.35. The first-order chi connectivity index (χ1) is 4.88. The molecule has 3 nitrogen and oxygen atoms in total. The van der Waals surface area contributed by atoms with Gasteiger partial charge >= 0.3 is 5.97 Å². The van der Waals surface area contributed by atoms with Gasteiger partial charge in [-0.25, -0.2) is 0 Å². The zero-order valence-electron chi connectivity index (χ0n) is 5.71. The molecule has 0 aromatic rings. The third-order valence-electron chi connectivity index (χ3n) is 2.09. The molecule has 56 valence electrons. The lowest BCUT2D eigenvalue weighted by molar-refractivity contribution is -0.187. The van der Waals surface area contributed by atoms with E-state index in [1.165, 1.54) is 0 Å². The van der Waals surface area contributed by atoms with E-state index in [0.717, 1.165) is 19.4 Å². The Hall–Kier alpha value is -0.570. The summed E-state index contributed by atoms with van der Waals surface area (Å²) in [5.41, 5.74) is 0. The summed E-state index contributed by atoms with van der Waals surface area (Å²) in [6.07, 6.45) is 2.18. The molecule has 0 aliphatic carbocycles. The minimum Gasteiger partial charge on any atom is -0.461 e. The predicted molar refractivity (Wildman–Crippen MR) is 33.4 cm³/mol. The van der Waals surface area contributed by atoms with Gasteiger partial charge in [-0.05, 0) is 12.8 Å². The number of hydrogen-bond donors (Lipinski definition) is 0. The first-order valence-electron chi connectivity index (χ1n) is 3.66. The van der Waals surface area contributed by atoms with Gasteiger partial charge < -0.3 is 9.47 Å². The molecule has 0 bridgehead atoms. The second-order valence-corrected chi connectivity index (χ2v) is 2.80. The normalized spacial score (nSPS) is 39.0. The highest BCUT2D eigenvalue weighted by Gasteiger charge is 2.42. The Kier molecular flexibility index (Phi) is 1.38. The van der Waals surface area contributed by atoms with Crippen molar-refractivity contribution < 1.29 is 14.3 Å². The van der Waals surface area contributed by atoms with E-state index in [2.05, 4.69) is 0 Å². The monoisotopic (exact) mass is 142 g/mol. The van der Waals surface area contributed by atoms with E-state index in [0.29, 0.717) is 6.61 Å². The molecule has 2 atom stereocenters. The van der Waals surface area contributed by atoms with Gasteiger partial charge in [0.25, 0.3) is 0 Å². The van der Waals surface area contributed by atoms with Crippen molar-refractivity contribution in [2.24, 2.45) is 5.92 Å². The van der Waals surface area contributed by atoms with Crippen LogP contribution in [0.2, 0.25) is 0 Å². The average Bonchev–Trinajstić information content (AvgIpc) is 2.09. The SMILES string of the molecule is O=C1O[C@@H]2CCCOC[C@@H]12. The lowest BCUT2D eigenvalue weighted by Gasteiger charge is -2.32. The van der Waals surface area contributed by atoms with Gasteiger partial charge in [0.15, 0.2) is 0 Å². The highest BCUT2D eigenvalue weighted by molar-refractivity contribution is 5.78. The molecular formula is C7H10O3. The maximum Gasteiger partial charge on any atom is 0.315 e. The molecule has 2 heterocycles. The van der Waals surface area contributed by atoms with Crippen LogP contribution in [0.1, 0.15) is 12.8 Å².